The summed E-state index contributed by atoms with van der Waals surface area (Å²) in [6.45, 7) is 2.59. The average Bonchev–Trinajstić information content (AvgIpc) is 2.59. The highest BCUT2D eigenvalue weighted by atomic mass is 32.2. The van der Waals surface area contributed by atoms with Gasteiger partial charge in [-0.3, -0.25) is 14.4 Å². The minimum Gasteiger partial charge on any atom is -0.340 e. The standard InChI is InChI=1S/C17H24N4O5S/c1-13(22)18-14-4-3-5-15(12-14)19-16(23)6-7-17(24)20-8-10-21(11-9-20)27(2,25)26/h3-5,12H,6-11H2,1-2H3,(H,18,22)(H,19,23). The van der Waals surface area contributed by atoms with Gasteiger partial charge in [0.05, 0.1) is 6.26 Å². The van der Waals surface area contributed by atoms with Crippen LogP contribution in [0.5, 0.6) is 0 Å². The van der Waals surface area contributed by atoms with E-state index in [1.54, 1.807) is 29.2 Å². The van der Waals surface area contributed by atoms with Crippen LogP contribution >= 0.6 is 0 Å². The van der Waals surface area contributed by atoms with Crippen molar-refractivity contribution < 1.29 is 22.8 Å². The van der Waals surface area contributed by atoms with E-state index in [-0.39, 0.29) is 43.7 Å². The van der Waals surface area contributed by atoms with Crippen molar-refractivity contribution in [1.82, 2.24) is 9.21 Å². The number of hydrogen-bond donors (Lipinski definition) is 2. The fourth-order valence-electron chi connectivity index (χ4n) is 2.75. The molecule has 0 bridgehead atoms. The number of carbonyl (C=O) groups excluding carboxylic acids is 3. The number of rotatable bonds is 6. The van der Waals surface area contributed by atoms with E-state index in [0.29, 0.717) is 24.5 Å². The van der Waals surface area contributed by atoms with Gasteiger partial charge < -0.3 is 15.5 Å². The van der Waals surface area contributed by atoms with Gasteiger partial charge in [0.25, 0.3) is 0 Å². The molecule has 1 aliphatic heterocycles. The molecule has 0 radical (unpaired) electrons. The van der Waals surface area contributed by atoms with Gasteiger partial charge in [-0.15, -0.1) is 0 Å². The summed E-state index contributed by atoms with van der Waals surface area (Å²) < 4.78 is 24.3. The summed E-state index contributed by atoms with van der Waals surface area (Å²) in [6, 6.07) is 6.73. The van der Waals surface area contributed by atoms with Crippen LogP contribution in [-0.4, -0.2) is 67.8 Å². The second kappa shape index (κ2) is 8.96. The molecule has 1 aromatic rings. The molecule has 3 amide bonds. The fourth-order valence-corrected chi connectivity index (χ4v) is 3.58. The van der Waals surface area contributed by atoms with Crippen molar-refractivity contribution in [3.63, 3.8) is 0 Å². The van der Waals surface area contributed by atoms with Crippen molar-refractivity contribution in [1.29, 1.82) is 0 Å². The molecule has 1 aliphatic rings. The van der Waals surface area contributed by atoms with Crippen LogP contribution in [0.4, 0.5) is 11.4 Å². The molecule has 148 valence electrons. The molecule has 1 aromatic carbocycles. The zero-order valence-corrected chi connectivity index (χ0v) is 16.2. The van der Waals surface area contributed by atoms with Gasteiger partial charge in [0.1, 0.15) is 0 Å². The first-order valence-corrected chi connectivity index (χ1v) is 10.4. The van der Waals surface area contributed by atoms with Crippen LogP contribution in [0.15, 0.2) is 24.3 Å². The summed E-state index contributed by atoms with van der Waals surface area (Å²) in [7, 11) is -3.24. The predicted octanol–water partition coefficient (Wildman–Crippen LogP) is 0.468. The summed E-state index contributed by atoms with van der Waals surface area (Å²) in [5.74, 6) is -0.691. The van der Waals surface area contributed by atoms with Crippen molar-refractivity contribution in [3.8, 4) is 0 Å². The Morgan fingerprint density at radius 1 is 1.00 bits per heavy atom. The minimum absolute atomic E-state index is 0.0233. The average molecular weight is 396 g/mol. The Kier molecular flexibility index (Phi) is 6.92. The highest BCUT2D eigenvalue weighted by Crippen LogP contribution is 2.16. The summed E-state index contributed by atoms with van der Waals surface area (Å²) in [5.41, 5.74) is 1.10. The third-order valence-electron chi connectivity index (χ3n) is 4.09. The molecule has 2 N–H and O–H groups in total. The second-order valence-corrected chi connectivity index (χ2v) is 8.34. The van der Waals surface area contributed by atoms with Crippen LogP contribution in [0, 0.1) is 0 Å². The van der Waals surface area contributed by atoms with Gasteiger partial charge in [-0.2, -0.15) is 4.31 Å². The molecule has 27 heavy (non-hydrogen) atoms. The van der Waals surface area contributed by atoms with Crippen LogP contribution in [-0.2, 0) is 24.4 Å². The first kappa shape index (κ1) is 20.8. The highest BCUT2D eigenvalue weighted by molar-refractivity contribution is 7.88. The number of piperazine rings is 1. The number of nitrogens with one attached hydrogen (secondary N) is 2. The van der Waals surface area contributed by atoms with Crippen molar-refractivity contribution in [3.05, 3.63) is 24.3 Å². The van der Waals surface area contributed by atoms with E-state index in [2.05, 4.69) is 10.6 Å². The lowest BCUT2D eigenvalue weighted by Crippen LogP contribution is -2.50. The van der Waals surface area contributed by atoms with E-state index in [1.807, 2.05) is 0 Å². The zero-order valence-electron chi connectivity index (χ0n) is 15.4. The van der Waals surface area contributed by atoms with Gasteiger partial charge >= 0.3 is 0 Å². The summed E-state index contributed by atoms with van der Waals surface area (Å²) in [5, 5.41) is 5.32. The molecule has 10 heteroatoms. The summed E-state index contributed by atoms with van der Waals surface area (Å²) in [6.07, 6.45) is 1.22. The van der Waals surface area contributed by atoms with Crippen molar-refractivity contribution in [2.45, 2.75) is 19.8 Å². The molecule has 1 heterocycles. The number of hydrogen-bond acceptors (Lipinski definition) is 5. The Hall–Kier alpha value is -2.46. The Balaban J connectivity index is 1.79. The number of benzene rings is 1. The van der Waals surface area contributed by atoms with Crippen LogP contribution in [0.3, 0.4) is 0 Å². The normalized spacial score (nSPS) is 15.3. The molecule has 1 fully saturated rings. The third kappa shape index (κ3) is 6.65. The van der Waals surface area contributed by atoms with Crippen LogP contribution in [0.1, 0.15) is 19.8 Å². The number of nitrogens with zero attached hydrogens (tertiary/aromatic N) is 2. The number of sulfonamides is 1. The second-order valence-electron chi connectivity index (χ2n) is 6.35. The largest absolute Gasteiger partial charge is 0.340 e. The SMILES string of the molecule is CC(=O)Nc1cccc(NC(=O)CCC(=O)N2CCN(S(C)(=O)=O)CC2)c1. The molecular formula is C17H24N4O5S. The first-order valence-electron chi connectivity index (χ1n) is 8.55. The lowest BCUT2D eigenvalue weighted by atomic mass is 10.2. The van der Waals surface area contributed by atoms with Gasteiger partial charge in [-0.1, -0.05) is 6.07 Å². The fraction of sp³-hybridized carbons (Fsp3) is 0.471. The smallest absolute Gasteiger partial charge is 0.224 e. The van der Waals surface area contributed by atoms with E-state index < -0.39 is 10.0 Å². The first-order chi connectivity index (χ1) is 12.6. The Morgan fingerprint density at radius 2 is 1.59 bits per heavy atom. The molecule has 0 spiro atoms. The highest BCUT2D eigenvalue weighted by Gasteiger charge is 2.26. The Morgan fingerprint density at radius 3 is 2.15 bits per heavy atom. The van der Waals surface area contributed by atoms with Gasteiger partial charge in [-0.05, 0) is 18.2 Å². The van der Waals surface area contributed by atoms with E-state index in [0.717, 1.165) is 6.26 Å². The topological polar surface area (TPSA) is 116 Å². The Bertz CT molecular complexity index is 816. The molecule has 0 aliphatic carbocycles. The van der Waals surface area contributed by atoms with Crippen molar-refractivity contribution >= 4 is 39.1 Å². The van der Waals surface area contributed by atoms with Crippen LogP contribution in [0.2, 0.25) is 0 Å². The van der Waals surface area contributed by atoms with E-state index in [1.165, 1.54) is 11.2 Å². The molecule has 1 saturated heterocycles. The molecule has 0 atom stereocenters. The van der Waals surface area contributed by atoms with Crippen molar-refractivity contribution in [2.24, 2.45) is 0 Å². The van der Waals surface area contributed by atoms with E-state index >= 15 is 0 Å². The quantitative estimate of drug-likeness (QED) is 0.725. The Labute approximate surface area is 158 Å². The van der Waals surface area contributed by atoms with Gasteiger partial charge in [-0.25, -0.2) is 8.42 Å². The minimum atomic E-state index is -3.24. The lowest BCUT2D eigenvalue weighted by Gasteiger charge is -2.33. The van der Waals surface area contributed by atoms with Crippen LogP contribution in [0.25, 0.3) is 0 Å². The molecule has 9 nitrogen and oxygen atoms in total. The number of anilines is 2. The monoisotopic (exact) mass is 396 g/mol. The van der Waals surface area contributed by atoms with E-state index in [9.17, 15) is 22.8 Å². The maximum Gasteiger partial charge on any atom is 0.224 e. The zero-order chi connectivity index (χ0) is 20.0. The lowest BCUT2D eigenvalue weighted by molar-refractivity contribution is -0.133. The molecule has 0 unspecified atom stereocenters. The molecular weight excluding hydrogens is 372 g/mol. The summed E-state index contributed by atoms with van der Waals surface area (Å²) >= 11 is 0. The molecule has 0 saturated carbocycles. The maximum atomic E-state index is 12.2. The number of amides is 3. The third-order valence-corrected chi connectivity index (χ3v) is 5.40. The maximum absolute atomic E-state index is 12.2. The summed E-state index contributed by atoms with van der Waals surface area (Å²) in [4.78, 5) is 36.9. The molecule has 0 aromatic heterocycles. The predicted molar refractivity (Wildman–Crippen MR) is 102 cm³/mol. The van der Waals surface area contributed by atoms with Gasteiger partial charge in [0.15, 0.2) is 0 Å². The van der Waals surface area contributed by atoms with Gasteiger partial charge in [0, 0.05) is 57.3 Å². The number of carbonyl (C=O) groups is 3. The molecule has 2 rings (SSSR count). The van der Waals surface area contributed by atoms with Crippen molar-refractivity contribution in [2.75, 3.05) is 43.1 Å². The van der Waals surface area contributed by atoms with E-state index in [4.69, 9.17) is 0 Å². The van der Waals surface area contributed by atoms with Gasteiger partial charge in [0.2, 0.25) is 27.7 Å². The van der Waals surface area contributed by atoms with Crippen LogP contribution < -0.4 is 10.6 Å².